The van der Waals surface area contributed by atoms with E-state index in [0.717, 1.165) is 29.5 Å². The molecular formula is C14H13BrN4. The van der Waals surface area contributed by atoms with Gasteiger partial charge in [-0.15, -0.1) is 0 Å². The molecule has 0 radical (unpaired) electrons. The van der Waals surface area contributed by atoms with Gasteiger partial charge >= 0.3 is 0 Å². The largest absolute Gasteiger partial charge is 0.232 e. The summed E-state index contributed by atoms with van der Waals surface area (Å²) in [6.45, 7) is 1.81. The first-order chi connectivity index (χ1) is 9.26. The molecule has 1 aromatic rings. The minimum atomic E-state index is -0.318. The lowest BCUT2D eigenvalue weighted by atomic mass is 9.90. The zero-order valence-electron chi connectivity index (χ0n) is 10.3. The molecule has 3 rings (SSSR count). The van der Waals surface area contributed by atoms with Crippen molar-refractivity contribution in [2.75, 3.05) is 13.1 Å². The SMILES string of the molecule is N#C[C@H]1[C@@H](C#N)N2CCCN2[C@@H]1c1ccc(Br)cc1. The van der Waals surface area contributed by atoms with Gasteiger partial charge in [0.05, 0.1) is 24.1 Å². The van der Waals surface area contributed by atoms with Crippen LogP contribution in [0.5, 0.6) is 0 Å². The third kappa shape index (κ3) is 1.95. The van der Waals surface area contributed by atoms with E-state index in [1.165, 1.54) is 0 Å². The number of hydrogen-bond donors (Lipinski definition) is 0. The Kier molecular flexibility index (Phi) is 3.28. The van der Waals surface area contributed by atoms with Crippen molar-refractivity contribution >= 4 is 15.9 Å². The highest BCUT2D eigenvalue weighted by Gasteiger charge is 2.50. The van der Waals surface area contributed by atoms with Gasteiger partial charge in [-0.3, -0.25) is 0 Å². The van der Waals surface area contributed by atoms with Crippen LogP contribution in [0.2, 0.25) is 0 Å². The molecule has 0 saturated carbocycles. The summed E-state index contributed by atoms with van der Waals surface area (Å²) in [5.41, 5.74) is 1.11. The average Bonchev–Trinajstić information content (AvgIpc) is 2.98. The molecule has 96 valence electrons. The van der Waals surface area contributed by atoms with Crippen LogP contribution in [0.3, 0.4) is 0 Å². The van der Waals surface area contributed by atoms with Gasteiger partial charge in [0.25, 0.3) is 0 Å². The second-order valence-electron chi connectivity index (χ2n) is 4.90. The van der Waals surface area contributed by atoms with Crippen molar-refractivity contribution in [2.45, 2.75) is 18.5 Å². The van der Waals surface area contributed by atoms with Crippen LogP contribution >= 0.6 is 15.9 Å². The third-order valence-electron chi connectivity index (χ3n) is 3.92. The Balaban J connectivity index is 2.01. The topological polar surface area (TPSA) is 54.1 Å². The Morgan fingerprint density at radius 2 is 1.74 bits per heavy atom. The summed E-state index contributed by atoms with van der Waals surface area (Å²) < 4.78 is 1.03. The number of hydrazine groups is 1. The summed E-state index contributed by atoms with van der Waals surface area (Å²) in [6, 6.07) is 12.4. The normalized spacial score (nSPS) is 30.8. The highest BCUT2D eigenvalue weighted by molar-refractivity contribution is 9.10. The van der Waals surface area contributed by atoms with Gasteiger partial charge in [0, 0.05) is 17.6 Å². The van der Waals surface area contributed by atoms with Crippen LogP contribution in [0, 0.1) is 28.6 Å². The summed E-state index contributed by atoms with van der Waals surface area (Å²) in [6.07, 6.45) is 1.06. The lowest BCUT2D eigenvalue weighted by Gasteiger charge is -2.25. The zero-order chi connectivity index (χ0) is 13.4. The minimum Gasteiger partial charge on any atom is -0.232 e. The van der Waals surface area contributed by atoms with Crippen molar-refractivity contribution in [1.29, 1.82) is 10.5 Å². The predicted molar refractivity (Wildman–Crippen MR) is 73.4 cm³/mol. The number of fused-ring (bicyclic) bond motifs is 1. The standard InChI is InChI=1S/C14H13BrN4/c15-11-4-2-10(3-5-11)14-12(8-16)13(9-17)18-6-1-7-19(14)18/h2-5,12-14H,1,6-7H2/t12-,13+,14+/m0/s1. The first kappa shape index (κ1) is 12.6. The maximum atomic E-state index is 9.45. The Hall–Kier alpha value is -1.40. The Morgan fingerprint density at radius 3 is 2.37 bits per heavy atom. The van der Waals surface area contributed by atoms with Crippen molar-refractivity contribution < 1.29 is 0 Å². The minimum absolute atomic E-state index is 0.00486. The summed E-state index contributed by atoms with van der Waals surface area (Å²) >= 11 is 3.43. The molecular weight excluding hydrogens is 304 g/mol. The van der Waals surface area contributed by atoms with Crippen LogP contribution in [-0.2, 0) is 0 Å². The maximum absolute atomic E-state index is 9.45. The molecule has 0 spiro atoms. The molecule has 0 amide bonds. The van der Waals surface area contributed by atoms with E-state index in [0.29, 0.717) is 0 Å². The van der Waals surface area contributed by atoms with E-state index in [2.05, 4.69) is 38.1 Å². The van der Waals surface area contributed by atoms with Crippen molar-refractivity contribution in [3.63, 3.8) is 0 Å². The van der Waals surface area contributed by atoms with Crippen LogP contribution < -0.4 is 0 Å². The van der Waals surface area contributed by atoms with Gasteiger partial charge in [-0.25, -0.2) is 10.0 Å². The molecule has 0 bridgehead atoms. The maximum Gasteiger partial charge on any atom is 0.129 e. The molecule has 0 aliphatic carbocycles. The molecule has 2 saturated heterocycles. The van der Waals surface area contributed by atoms with Crippen LogP contribution in [0.4, 0.5) is 0 Å². The molecule has 19 heavy (non-hydrogen) atoms. The molecule has 2 heterocycles. The van der Waals surface area contributed by atoms with Crippen molar-refractivity contribution in [3.05, 3.63) is 34.3 Å². The molecule has 0 unspecified atom stereocenters. The smallest absolute Gasteiger partial charge is 0.129 e. The summed E-state index contributed by atoms with van der Waals surface area (Å²) in [5, 5.41) is 23.1. The van der Waals surface area contributed by atoms with E-state index >= 15 is 0 Å². The summed E-state index contributed by atoms with van der Waals surface area (Å²) in [7, 11) is 0. The quantitative estimate of drug-likeness (QED) is 0.798. The lowest BCUT2D eigenvalue weighted by Crippen LogP contribution is -2.35. The van der Waals surface area contributed by atoms with Crippen molar-refractivity contribution in [3.8, 4) is 12.1 Å². The Labute approximate surface area is 120 Å². The van der Waals surface area contributed by atoms with E-state index in [-0.39, 0.29) is 18.0 Å². The van der Waals surface area contributed by atoms with E-state index < -0.39 is 0 Å². The van der Waals surface area contributed by atoms with Gasteiger partial charge in [0.1, 0.15) is 6.04 Å². The molecule has 0 aromatic heterocycles. The van der Waals surface area contributed by atoms with Gasteiger partial charge in [0.2, 0.25) is 0 Å². The number of benzene rings is 1. The molecule has 0 N–H and O–H groups in total. The highest BCUT2D eigenvalue weighted by atomic mass is 79.9. The molecule has 5 heteroatoms. The Morgan fingerprint density at radius 1 is 1.05 bits per heavy atom. The zero-order valence-corrected chi connectivity index (χ0v) is 11.9. The average molecular weight is 317 g/mol. The molecule has 2 fully saturated rings. The number of nitrogens with zero attached hydrogens (tertiary/aromatic N) is 4. The van der Waals surface area contributed by atoms with E-state index in [1.807, 2.05) is 24.3 Å². The van der Waals surface area contributed by atoms with Gasteiger partial charge in [0.15, 0.2) is 0 Å². The highest BCUT2D eigenvalue weighted by Crippen LogP contribution is 2.43. The molecule has 2 aliphatic heterocycles. The molecule has 4 nitrogen and oxygen atoms in total. The second kappa shape index (κ2) is 4.94. The number of rotatable bonds is 1. The van der Waals surface area contributed by atoms with Gasteiger partial charge in [-0.1, -0.05) is 28.1 Å². The van der Waals surface area contributed by atoms with Crippen LogP contribution in [0.1, 0.15) is 18.0 Å². The summed E-state index contributed by atoms with van der Waals surface area (Å²) in [5.74, 6) is -0.286. The van der Waals surface area contributed by atoms with Crippen molar-refractivity contribution in [2.24, 2.45) is 5.92 Å². The summed E-state index contributed by atoms with van der Waals surface area (Å²) in [4.78, 5) is 0. The first-order valence-electron chi connectivity index (χ1n) is 6.34. The van der Waals surface area contributed by atoms with Gasteiger partial charge in [-0.2, -0.15) is 10.5 Å². The number of hydrogen-bond acceptors (Lipinski definition) is 4. The van der Waals surface area contributed by atoms with Gasteiger partial charge in [-0.05, 0) is 24.1 Å². The number of nitriles is 2. The van der Waals surface area contributed by atoms with E-state index in [1.54, 1.807) is 0 Å². The lowest BCUT2D eigenvalue weighted by molar-refractivity contribution is 0.0383. The Bertz CT molecular complexity index is 556. The number of halogens is 1. The second-order valence-corrected chi connectivity index (χ2v) is 5.82. The van der Waals surface area contributed by atoms with E-state index in [9.17, 15) is 10.5 Å². The fourth-order valence-electron chi connectivity index (χ4n) is 3.12. The fourth-order valence-corrected chi connectivity index (χ4v) is 3.38. The van der Waals surface area contributed by atoms with Crippen molar-refractivity contribution in [1.82, 2.24) is 10.0 Å². The van der Waals surface area contributed by atoms with Crippen LogP contribution in [0.25, 0.3) is 0 Å². The fraction of sp³-hybridized carbons (Fsp3) is 0.429. The molecule has 2 aliphatic rings. The van der Waals surface area contributed by atoms with Gasteiger partial charge < -0.3 is 0 Å². The molecule has 3 atom stereocenters. The van der Waals surface area contributed by atoms with E-state index in [4.69, 9.17) is 0 Å². The van der Waals surface area contributed by atoms with Crippen LogP contribution in [-0.4, -0.2) is 29.1 Å². The first-order valence-corrected chi connectivity index (χ1v) is 7.13. The van der Waals surface area contributed by atoms with Crippen LogP contribution in [0.15, 0.2) is 28.7 Å². The molecule has 1 aromatic carbocycles. The third-order valence-corrected chi connectivity index (χ3v) is 4.45. The predicted octanol–water partition coefficient (Wildman–Crippen LogP) is 2.46. The monoisotopic (exact) mass is 316 g/mol.